The van der Waals surface area contributed by atoms with Gasteiger partial charge in [-0.2, -0.15) is 5.10 Å². The zero-order valence-corrected chi connectivity index (χ0v) is 14.7. The van der Waals surface area contributed by atoms with E-state index >= 15 is 0 Å². The van der Waals surface area contributed by atoms with Crippen LogP contribution < -0.4 is 5.14 Å². The predicted molar refractivity (Wildman–Crippen MR) is 94.1 cm³/mol. The smallest absolute Gasteiger partial charge is 0.358 e. The molecule has 2 N–H and O–H groups in total. The van der Waals surface area contributed by atoms with Crippen LogP contribution in [-0.4, -0.2) is 35.8 Å². The molecule has 0 atom stereocenters. The Balaban J connectivity index is 2.11. The Labute approximate surface area is 150 Å². The van der Waals surface area contributed by atoms with Gasteiger partial charge in [0.15, 0.2) is 5.69 Å². The third-order valence-electron chi connectivity index (χ3n) is 3.56. The Bertz CT molecular complexity index is 1030. The first-order valence-electron chi connectivity index (χ1n) is 7.71. The van der Waals surface area contributed by atoms with Crippen LogP contribution in [0.3, 0.4) is 0 Å². The first-order chi connectivity index (χ1) is 12.4. The summed E-state index contributed by atoms with van der Waals surface area (Å²) in [4.78, 5) is 16.1. The zero-order chi connectivity index (χ0) is 18.7. The van der Waals surface area contributed by atoms with E-state index in [0.717, 1.165) is 5.56 Å². The minimum absolute atomic E-state index is 0.0121. The highest BCUT2D eigenvalue weighted by Crippen LogP contribution is 2.24. The van der Waals surface area contributed by atoms with Crippen LogP contribution in [-0.2, 0) is 14.8 Å². The summed E-state index contributed by atoms with van der Waals surface area (Å²) in [6, 6.07) is 11.1. The standard InChI is InChI=1S/C17H16N4O4S/c1-2-25-17(22)15-10-16(12-4-3-9-19-11-12)21(20-15)13-5-7-14(8-6-13)26(18,23)24/h3-11H,2H2,1H3,(H2,18,23,24). The van der Waals surface area contributed by atoms with E-state index in [1.807, 2.05) is 6.07 Å². The number of ether oxygens (including phenoxy) is 1. The summed E-state index contributed by atoms with van der Waals surface area (Å²) in [6.45, 7) is 1.94. The summed E-state index contributed by atoms with van der Waals surface area (Å²) in [5, 5.41) is 9.42. The van der Waals surface area contributed by atoms with Crippen LogP contribution in [0.4, 0.5) is 0 Å². The van der Waals surface area contributed by atoms with Crippen molar-refractivity contribution in [3.8, 4) is 16.9 Å². The van der Waals surface area contributed by atoms with Gasteiger partial charge in [-0.1, -0.05) is 0 Å². The van der Waals surface area contributed by atoms with Gasteiger partial charge in [0.1, 0.15) is 0 Å². The maximum Gasteiger partial charge on any atom is 0.358 e. The van der Waals surface area contributed by atoms with Crippen LogP contribution in [0.1, 0.15) is 17.4 Å². The molecule has 0 radical (unpaired) electrons. The van der Waals surface area contributed by atoms with E-state index in [0.29, 0.717) is 11.4 Å². The molecule has 0 saturated carbocycles. The van der Waals surface area contributed by atoms with E-state index in [2.05, 4.69) is 10.1 Å². The SMILES string of the molecule is CCOC(=O)c1cc(-c2cccnc2)n(-c2ccc(S(N)(=O)=O)cc2)n1. The molecule has 0 saturated heterocycles. The number of pyridine rings is 1. The van der Waals surface area contributed by atoms with Crippen molar-refractivity contribution in [1.29, 1.82) is 0 Å². The lowest BCUT2D eigenvalue weighted by atomic mass is 10.2. The molecule has 9 heteroatoms. The number of sulfonamides is 1. The molecule has 0 amide bonds. The lowest BCUT2D eigenvalue weighted by molar-refractivity contribution is 0.0519. The fraction of sp³-hybridized carbons (Fsp3) is 0.118. The van der Waals surface area contributed by atoms with Crippen LogP contribution in [0.2, 0.25) is 0 Å². The third kappa shape index (κ3) is 3.63. The van der Waals surface area contributed by atoms with Crippen molar-refractivity contribution in [3.05, 3.63) is 60.6 Å². The number of carbonyl (C=O) groups is 1. The second-order valence-corrected chi connectivity index (χ2v) is 6.89. The number of aromatic nitrogens is 3. The summed E-state index contributed by atoms with van der Waals surface area (Å²) in [5.74, 6) is -0.544. The monoisotopic (exact) mass is 372 g/mol. The van der Waals surface area contributed by atoms with Crippen molar-refractivity contribution in [2.45, 2.75) is 11.8 Å². The van der Waals surface area contributed by atoms with E-state index in [-0.39, 0.29) is 17.2 Å². The first kappa shape index (κ1) is 17.8. The van der Waals surface area contributed by atoms with E-state index in [1.54, 1.807) is 43.6 Å². The average molecular weight is 372 g/mol. The number of primary sulfonamides is 1. The van der Waals surface area contributed by atoms with E-state index in [4.69, 9.17) is 9.88 Å². The zero-order valence-electron chi connectivity index (χ0n) is 13.9. The second kappa shape index (κ2) is 7.06. The van der Waals surface area contributed by atoms with Gasteiger partial charge in [0.05, 0.1) is 22.9 Å². The van der Waals surface area contributed by atoms with Crippen molar-refractivity contribution in [2.24, 2.45) is 5.14 Å². The van der Waals surface area contributed by atoms with Gasteiger partial charge in [0, 0.05) is 18.0 Å². The topological polar surface area (TPSA) is 117 Å². The van der Waals surface area contributed by atoms with Crippen molar-refractivity contribution in [1.82, 2.24) is 14.8 Å². The van der Waals surface area contributed by atoms with Gasteiger partial charge in [-0.15, -0.1) is 0 Å². The second-order valence-electron chi connectivity index (χ2n) is 5.33. The molecule has 0 fully saturated rings. The number of esters is 1. The van der Waals surface area contributed by atoms with Crippen LogP contribution >= 0.6 is 0 Å². The minimum Gasteiger partial charge on any atom is -0.461 e. The molecule has 26 heavy (non-hydrogen) atoms. The Kier molecular flexibility index (Phi) is 4.83. The van der Waals surface area contributed by atoms with Gasteiger partial charge < -0.3 is 4.74 Å². The van der Waals surface area contributed by atoms with Gasteiger partial charge in [-0.3, -0.25) is 4.98 Å². The molecule has 0 aliphatic rings. The number of rotatable bonds is 5. The van der Waals surface area contributed by atoms with Crippen LogP contribution in [0.25, 0.3) is 16.9 Å². The molecule has 1 aromatic carbocycles. The van der Waals surface area contributed by atoms with Gasteiger partial charge in [-0.05, 0) is 49.4 Å². The molecule has 0 unspecified atom stereocenters. The number of hydrogen-bond acceptors (Lipinski definition) is 6. The Morgan fingerprint density at radius 1 is 1.23 bits per heavy atom. The molecule has 8 nitrogen and oxygen atoms in total. The lowest BCUT2D eigenvalue weighted by Crippen LogP contribution is -2.12. The molecule has 134 valence electrons. The van der Waals surface area contributed by atoms with E-state index < -0.39 is 16.0 Å². The van der Waals surface area contributed by atoms with Crippen molar-refractivity contribution in [2.75, 3.05) is 6.61 Å². The molecular weight excluding hydrogens is 356 g/mol. The normalized spacial score (nSPS) is 11.3. The first-order valence-corrected chi connectivity index (χ1v) is 9.25. The fourth-order valence-electron chi connectivity index (χ4n) is 2.38. The lowest BCUT2D eigenvalue weighted by Gasteiger charge is -2.08. The maximum atomic E-state index is 12.0. The number of carbonyl (C=O) groups excluding carboxylic acids is 1. The summed E-state index contributed by atoms with van der Waals surface area (Å²) in [7, 11) is -3.79. The molecule has 3 aromatic rings. The van der Waals surface area contributed by atoms with Crippen molar-refractivity contribution >= 4 is 16.0 Å². The molecular formula is C17H16N4O4S. The number of nitrogens with zero attached hydrogens (tertiary/aromatic N) is 3. The van der Waals surface area contributed by atoms with Crippen molar-refractivity contribution < 1.29 is 17.9 Å². The van der Waals surface area contributed by atoms with Gasteiger partial charge >= 0.3 is 5.97 Å². The number of nitrogens with two attached hydrogens (primary N) is 1. The maximum absolute atomic E-state index is 12.0. The molecule has 0 aliphatic carbocycles. The summed E-state index contributed by atoms with van der Waals surface area (Å²) in [5.41, 5.74) is 2.06. The van der Waals surface area contributed by atoms with Crippen LogP contribution in [0, 0.1) is 0 Å². The number of hydrogen-bond donors (Lipinski definition) is 1. The Morgan fingerprint density at radius 3 is 2.54 bits per heavy atom. The molecule has 0 bridgehead atoms. The summed E-state index contributed by atoms with van der Waals surface area (Å²) in [6.07, 6.45) is 3.28. The van der Waals surface area contributed by atoms with Crippen molar-refractivity contribution in [3.63, 3.8) is 0 Å². The van der Waals surface area contributed by atoms with E-state index in [1.165, 1.54) is 16.8 Å². The Hall–Kier alpha value is -3.04. The predicted octanol–water partition coefficient (Wildman–Crippen LogP) is 1.76. The third-order valence-corrected chi connectivity index (χ3v) is 4.49. The highest BCUT2D eigenvalue weighted by Gasteiger charge is 2.18. The minimum atomic E-state index is -3.79. The highest BCUT2D eigenvalue weighted by molar-refractivity contribution is 7.89. The quantitative estimate of drug-likeness (QED) is 0.682. The summed E-state index contributed by atoms with van der Waals surface area (Å²) < 4.78 is 29.4. The van der Waals surface area contributed by atoms with Crippen LogP contribution in [0.15, 0.2) is 59.8 Å². The fourth-order valence-corrected chi connectivity index (χ4v) is 2.90. The average Bonchev–Trinajstić information content (AvgIpc) is 3.07. The molecule has 2 heterocycles. The highest BCUT2D eigenvalue weighted by atomic mass is 32.2. The number of benzene rings is 1. The van der Waals surface area contributed by atoms with Gasteiger partial charge in [0.2, 0.25) is 10.0 Å². The molecule has 0 aliphatic heterocycles. The largest absolute Gasteiger partial charge is 0.461 e. The molecule has 0 spiro atoms. The van der Waals surface area contributed by atoms with E-state index in [9.17, 15) is 13.2 Å². The van der Waals surface area contributed by atoms with Gasteiger partial charge in [-0.25, -0.2) is 23.0 Å². The van der Waals surface area contributed by atoms with Gasteiger partial charge in [0.25, 0.3) is 0 Å². The van der Waals surface area contributed by atoms with Crippen LogP contribution in [0.5, 0.6) is 0 Å². The molecule has 2 aromatic heterocycles. The summed E-state index contributed by atoms with van der Waals surface area (Å²) >= 11 is 0. The Morgan fingerprint density at radius 2 is 1.96 bits per heavy atom. The molecule has 3 rings (SSSR count).